The number of amides is 1. The molecular formula is C12H8FN2O2. The van der Waals surface area contributed by atoms with E-state index < -0.39 is 5.91 Å². The molecule has 1 radical (unpaired) electrons. The maximum absolute atomic E-state index is 12.7. The van der Waals surface area contributed by atoms with Crippen molar-refractivity contribution in [3.63, 3.8) is 0 Å². The van der Waals surface area contributed by atoms with Crippen LogP contribution in [0.25, 0.3) is 0 Å². The molecule has 5 heteroatoms. The van der Waals surface area contributed by atoms with Gasteiger partial charge in [0.05, 0.1) is 0 Å². The van der Waals surface area contributed by atoms with E-state index in [9.17, 15) is 9.18 Å². The lowest BCUT2D eigenvalue weighted by Gasteiger charge is -2.04. The Hall–Kier alpha value is -2.43. The smallest absolute Gasteiger partial charge is 0.268 e. The molecule has 0 fully saturated rings. The Morgan fingerprint density at radius 1 is 1.29 bits per heavy atom. The maximum atomic E-state index is 12.7. The summed E-state index contributed by atoms with van der Waals surface area (Å²) >= 11 is 0. The lowest BCUT2D eigenvalue weighted by Crippen LogP contribution is -2.13. The molecule has 2 aromatic rings. The van der Waals surface area contributed by atoms with Crippen molar-refractivity contribution < 1.29 is 13.9 Å². The normalized spacial score (nSPS) is 9.94. The second-order valence-corrected chi connectivity index (χ2v) is 3.20. The molecule has 1 aromatic heterocycles. The number of hydrogen-bond acceptors (Lipinski definition) is 3. The van der Waals surface area contributed by atoms with Gasteiger partial charge in [0.2, 0.25) is 5.88 Å². The third-order valence-corrected chi connectivity index (χ3v) is 1.94. The topological polar surface area (TPSA) is 65.2 Å². The van der Waals surface area contributed by atoms with Gasteiger partial charge in [-0.3, -0.25) is 4.79 Å². The Morgan fingerprint density at radius 3 is 2.65 bits per heavy atom. The predicted molar refractivity (Wildman–Crippen MR) is 58.1 cm³/mol. The highest BCUT2D eigenvalue weighted by molar-refractivity contribution is 5.90. The summed E-state index contributed by atoms with van der Waals surface area (Å²) in [6.45, 7) is 0. The van der Waals surface area contributed by atoms with Crippen LogP contribution in [0.2, 0.25) is 0 Å². The molecule has 0 saturated heterocycles. The number of aromatic nitrogens is 1. The van der Waals surface area contributed by atoms with E-state index in [0.29, 0.717) is 5.75 Å². The van der Waals surface area contributed by atoms with Gasteiger partial charge >= 0.3 is 0 Å². The molecule has 2 rings (SSSR count). The van der Waals surface area contributed by atoms with Crippen LogP contribution in [0.4, 0.5) is 4.39 Å². The number of benzene rings is 1. The molecule has 1 amide bonds. The van der Waals surface area contributed by atoms with Gasteiger partial charge in [-0.1, -0.05) is 0 Å². The summed E-state index contributed by atoms with van der Waals surface area (Å²) in [5, 5.41) is 0. The molecule has 1 aromatic carbocycles. The van der Waals surface area contributed by atoms with Crippen molar-refractivity contribution in [1.82, 2.24) is 4.98 Å². The van der Waals surface area contributed by atoms with Crippen molar-refractivity contribution in [3.8, 4) is 11.6 Å². The number of pyridine rings is 1. The highest BCUT2D eigenvalue weighted by Gasteiger charge is 2.05. The number of hydrogen-bond donors (Lipinski definition) is 1. The number of nitrogens with zero attached hydrogens (tertiary/aromatic N) is 1. The van der Waals surface area contributed by atoms with Crippen molar-refractivity contribution in [2.75, 3.05) is 0 Å². The van der Waals surface area contributed by atoms with Gasteiger partial charge in [-0.25, -0.2) is 9.37 Å². The highest BCUT2D eigenvalue weighted by atomic mass is 19.1. The molecule has 0 aliphatic heterocycles. The van der Waals surface area contributed by atoms with E-state index in [1.165, 1.54) is 36.4 Å². The summed E-state index contributed by atoms with van der Waals surface area (Å²) in [5.74, 6) is -0.427. The van der Waals surface area contributed by atoms with Crippen LogP contribution in [0.1, 0.15) is 10.5 Å². The van der Waals surface area contributed by atoms with Crippen LogP contribution < -0.4 is 10.5 Å². The molecule has 1 heterocycles. The van der Waals surface area contributed by atoms with Gasteiger partial charge in [0, 0.05) is 12.1 Å². The molecule has 0 bridgehead atoms. The lowest BCUT2D eigenvalue weighted by molar-refractivity contribution is 0.0994. The van der Waals surface area contributed by atoms with Gasteiger partial charge in [0.1, 0.15) is 17.3 Å². The zero-order valence-corrected chi connectivity index (χ0v) is 8.68. The number of halogens is 1. The third kappa shape index (κ3) is 2.78. The minimum Gasteiger partial charge on any atom is -0.439 e. The minimum atomic E-state index is -0.686. The number of rotatable bonds is 3. The summed E-state index contributed by atoms with van der Waals surface area (Å²) in [6, 6.07) is 11.0. The van der Waals surface area contributed by atoms with E-state index in [1.807, 2.05) is 0 Å². The van der Waals surface area contributed by atoms with Crippen LogP contribution in [-0.4, -0.2) is 10.9 Å². The maximum Gasteiger partial charge on any atom is 0.268 e. The van der Waals surface area contributed by atoms with Crippen LogP contribution in [0, 0.1) is 11.9 Å². The molecule has 2 N–H and O–H groups in total. The molecule has 85 valence electrons. The van der Waals surface area contributed by atoms with Crippen LogP contribution in [0.3, 0.4) is 0 Å². The Labute approximate surface area is 96.9 Å². The van der Waals surface area contributed by atoms with E-state index in [-0.39, 0.29) is 17.4 Å². The fourth-order valence-corrected chi connectivity index (χ4v) is 1.18. The summed E-state index contributed by atoms with van der Waals surface area (Å²) in [6.07, 6.45) is 0. The van der Waals surface area contributed by atoms with Gasteiger partial charge in [-0.05, 0) is 30.3 Å². The fraction of sp³-hybridized carbons (Fsp3) is 0. The number of carbonyl (C=O) groups excluding carboxylic acids is 1. The van der Waals surface area contributed by atoms with E-state index >= 15 is 0 Å². The third-order valence-electron chi connectivity index (χ3n) is 1.94. The number of primary amides is 1. The van der Waals surface area contributed by atoms with E-state index in [4.69, 9.17) is 10.5 Å². The zero-order chi connectivity index (χ0) is 12.3. The Bertz CT molecular complexity index is 540. The summed E-state index contributed by atoms with van der Waals surface area (Å²) in [7, 11) is 0. The van der Waals surface area contributed by atoms with Crippen molar-refractivity contribution >= 4 is 5.91 Å². The van der Waals surface area contributed by atoms with Crippen molar-refractivity contribution in [3.05, 3.63) is 54.0 Å². The zero-order valence-electron chi connectivity index (χ0n) is 8.68. The number of carbonyl (C=O) groups is 1. The first kappa shape index (κ1) is 11.1. The first-order valence-corrected chi connectivity index (χ1v) is 4.77. The lowest BCUT2D eigenvalue weighted by atomic mass is 10.3. The van der Waals surface area contributed by atoms with Gasteiger partial charge in [-0.15, -0.1) is 0 Å². The molecule has 0 spiro atoms. The summed E-state index contributed by atoms with van der Waals surface area (Å²) < 4.78 is 18.0. The molecular weight excluding hydrogens is 223 g/mol. The Morgan fingerprint density at radius 2 is 2.00 bits per heavy atom. The second-order valence-electron chi connectivity index (χ2n) is 3.20. The van der Waals surface area contributed by atoms with Crippen molar-refractivity contribution in [2.45, 2.75) is 0 Å². The van der Waals surface area contributed by atoms with Crippen LogP contribution in [0.15, 0.2) is 36.4 Å². The van der Waals surface area contributed by atoms with Gasteiger partial charge in [0.15, 0.2) is 0 Å². The average Bonchev–Trinajstić information content (AvgIpc) is 2.32. The molecule has 0 aliphatic carbocycles. The number of ether oxygens (including phenoxy) is 1. The van der Waals surface area contributed by atoms with Crippen LogP contribution in [0.5, 0.6) is 11.6 Å². The Balaban J connectivity index is 2.21. The summed E-state index contributed by atoms with van der Waals surface area (Å²) in [4.78, 5) is 14.7. The number of nitrogens with two attached hydrogens (primary N) is 1. The van der Waals surface area contributed by atoms with Gasteiger partial charge in [0.25, 0.3) is 5.91 Å². The molecule has 0 atom stereocenters. The van der Waals surface area contributed by atoms with Crippen LogP contribution >= 0.6 is 0 Å². The minimum absolute atomic E-state index is 0.00962. The quantitative estimate of drug-likeness (QED) is 0.877. The molecule has 0 aliphatic rings. The van der Waals surface area contributed by atoms with Crippen molar-refractivity contribution in [1.29, 1.82) is 0 Å². The predicted octanol–water partition coefficient (Wildman–Crippen LogP) is 1.91. The largest absolute Gasteiger partial charge is 0.439 e. The molecule has 17 heavy (non-hydrogen) atoms. The molecule has 4 nitrogen and oxygen atoms in total. The monoisotopic (exact) mass is 231 g/mol. The molecule has 0 saturated carbocycles. The first-order chi connectivity index (χ1) is 8.15. The van der Waals surface area contributed by atoms with E-state index in [1.54, 1.807) is 0 Å². The van der Waals surface area contributed by atoms with E-state index in [2.05, 4.69) is 11.1 Å². The first-order valence-electron chi connectivity index (χ1n) is 4.77. The highest BCUT2D eigenvalue weighted by Crippen LogP contribution is 2.19. The second kappa shape index (κ2) is 4.61. The average molecular weight is 231 g/mol. The van der Waals surface area contributed by atoms with Crippen LogP contribution in [-0.2, 0) is 0 Å². The van der Waals surface area contributed by atoms with E-state index in [0.717, 1.165) is 0 Å². The Kier molecular flexibility index (Phi) is 3.00. The SMILES string of the molecule is NC(=O)c1[c]ccc(Oc2ccc(F)cc2)n1. The summed E-state index contributed by atoms with van der Waals surface area (Å²) in [5.41, 5.74) is 5.05. The fourth-order valence-electron chi connectivity index (χ4n) is 1.18. The standard InChI is InChI=1S/C12H8FN2O2/c13-8-4-6-9(7-5-8)17-11-3-1-2-10(15-11)12(14)16/h1,3-7H,(H2,14,16). The van der Waals surface area contributed by atoms with Gasteiger partial charge < -0.3 is 10.5 Å². The van der Waals surface area contributed by atoms with Crippen molar-refractivity contribution in [2.24, 2.45) is 5.73 Å². The molecule has 0 unspecified atom stereocenters. The van der Waals surface area contributed by atoms with Gasteiger partial charge in [-0.2, -0.15) is 0 Å².